The Morgan fingerprint density at radius 3 is 2.50 bits per heavy atom. The molecular weight excluding hydrogens is 128 g/mol. The molecule has 1 N–H and O–H groups in total. The first-order valence-electron chi connectivity index (χ1n) is 3.63. The van der Waals surface area contributed by atoms with Gasteiger partial charge in [-0.2, -0.15) is 0 Å². The third-order valence-electron chi connectivity index (χ3n) is 2.33. The zero-order chi connectivity index (χ0) is 7.61. The molecular formula is C8H14O2. The lowest BCUT2D eigenvalue weighted by Crippen LogP contribution is -2.50. The normalized spacial score (nSPS) is 25.0. The van der Waals surface area contributed by atoms with Crippen LogP contribution in [0.1, 0.15) is 13.3 Å². The lowest BCUT2D eigenvalue weighted by atomic mass is 9.78. The van der Waals surface area contributed by atoms with E-state index in [1.807, 2.05) is 0 Å². The van der Waals surface area contributed by atoms with Crippen molar-refractivity contribution < 1.29 is 9.84 Å². The molecule has 0 aromatic rings. The molecule has 0 bridgehead atoms. The van der Waals surface area contributed by atoms with Crippen LogP contribution < -0.4 is 0 Å². The number of hydrogen-bond donors (Lipinski definition) is 1. The molecule has 1 aliphatic rings. The van der Waals surface area contributed by atoms with Crippen LogP contribution in [0.5, 0.6) is 0 Å². The number of rotatable bonds is 3. The average molecular weight is 142 g/mol. The first kappa shape index (κ1) is 7.76. The zero-order valence-corrected chi connectivity index (χ0v) is 6.34. The topological polar surface area (TPSA) is 29.5 Å². The Morgan fingerprint density at radius 1 is 1.80 bits per heavy atom. The second kappa shape index (κ2) is 2.72. The van der Waals surface area contributed by atoms with Gasteiger partial charge in [-0.25, -0.2) is 0 Å². The lowest BCUT2D eigenvalue weighted by Gasteiger charge is -2.43. The number of ether oxygens (including phenoxy) is 1. The predicted octanol–water partition coefficient (Wildman–Crippen LogP) is 0.960. The van der Waals surface area contributed by atoms with Crippen LogP contribution in [0.3, 0.4) is 0 Å². The van der Waals surface area contributed by atoms with Crippen LogP contribution in [-0.2, 0) is 4.74 Å². The van der Waals surface area contributed by atoms with Crippen molar-refractivity contribution in [1.82, 2.24) is 0 Å². The van der Waals surface area contributed by atoms with Gasteiger partial charge in [-0.3, -0.25) is 0 Å². The van der Waals surface area contributed by atoms with Gasteiger partial charge in [-0.15, -0.1) is 6.58 Å². The maximum absolute atomic E-state index is 9.43. The summed E-state index contributed by atoms with van der Waals surface area (Å²) in [6, 6.07) is 0. The summed E-state index contributed by atoms with van der Waals surface area (Å²) in [5, 5.41) is 9.43. The molecule has 2 heteroatoms. The van der Waals surface area contributed by atoms with E-state index in [1.165, 1.54) is 0 Å². The smallest absolute Gasteiger partial charge is 0.0818 e. The predicted molar refractivity (Wildman–Crippen MR) is 39.7 cm³/mol. The fourth-order valence-corrected chi connectivity index (χ4v) is 1.20. The van der Waals surface area contributed by atoms with E-state index >= 15 is 0 Å². The van der Waals surface area contributed by atoms with Gasteiger partial charge in [0.25, 0.3) is 0 Å². The minimum atomic E-state index is -0.397. The van der Waals surface area contributed by atoms with Crippen molar-refractivity contribution >= 4 is 0 Å². The Hall–Kier alpha value is -0.340. The van der Waals surface area contributed by atoms with Crippen molar-refractivity contribution in [2.24, 2.45) is 5.41 Å². The van der Waals surface area contributed by atoms with Gasteiger partial charge < -0.3 is 9.84 Å². The monoisotopic (exact) mass is 142 g/mol. The summed E-state index contributed by atoms with van der Waals surface area (Å²) in [4.78, 5) is 0. The lowest BCUT2D eigenvalue weighted by molar-refractivity contribution is -0.159. The molecule has 1 unspecified atom stereocenters. The van der Waals surface area contributed by atoms with Crippen molar-refractivity contribution in [1.29, 1.82) is 0 Å². The molecule has 2 nitrogen and oxygen atoms in total. The fraction of sp³-hybridized carbons (Fsp3) is 0.750. The largest absolute Gasteiger partial charge is 0.388 e. The highest BCUT2D eigenvalue weighted by Gasteiger charge is 2.41. The Balaban J connectivity index is 2.54. The molecule has 1 aliphatic heterocycles. The first-order chi connectivity index (χ1) is 4.75. The van der Waals surface area contributed by atoms with Gasteiger partial charge in [0.05, 0.1) is 19.3 Å². The standard InChI is InChI=1S/C8H14O2/c1-3-7(9)8(4-2)5-10-6-8/h3,7,9H,1,4-6H2,2H3. The molecule has 1 fully saturated rings. The summed E-state index contributed by atoms with van der Waals surface area (Å²) in [6.07, 6.45) is 2.15. The van der Waals surface area contributed by atoms with Crippen LogP contribution in [0.2, 0.25) is 0 Å². The molecule has 1 rings (SSSR count). The summed E-state index contributed by atoms with van der Waals surface area (Å²) < 4.78 is 5.04. The molecule has 0 aromatic heterocycles. The molecule has 58 valence electrons. The molecule has 0 radical (unpaired) electrons. The van der Waals surface area contributed by atoms with E-state index in [4.69, 9.17) is 4.74 Å². The third kappa shape index (κ3) is 0.976. The SMILES string of the molecule is C=CC(O)C1(CC)COC1. The zero-order valence-electron chi connectivity index (χ0n) is 6.34. The molecule has 0 aliphatic carbocycles. The third-order valence-corrected chi connectivity index (χ3v) is 2.33. The highest BCUT2D eigenvalue weighted by Crippen LogP contribution is 2.35. The van der Waals surface area contributed by atoms with Gasteiger partial charge in [0.1, 0.15) is 0 Å². The van der Waals surface area contributed by atoms with Gasteiger partial charge in [0.2, 0.25) is 0 Å². The fourth-order valence-electron chi connectivity index (χ4n) is 1.20. The first-order valence-corrected chi connectivity index (χ1v) is 3.63. The van der Waals surface area contributed by atoms with E-state index in [0.717, 1.165) is 6.42 Å². The molecule has 0 spiro atoms. The maximum Gasteiger partial charge on any atom is 0.0818 e. The van der Waals surface area contributed by atoms with Gasteiger partial charge in [0, 0.05) is 5.41 Å². The summed E-state index contributed by atoms with van der Waals surface area (Å²) in [7, 11) is 0. The summed E-state index contributed by atoms with van der Waals surface area (Å²) in [5.74, 6) is 0. The van der Waals surface area contributed by atoms with E-state index in [1.54, 1.807) is 6.08 Å². The molecule has 1 heterocycles. The molecule has 1 saturated heterocycles. The van der Waals surface area contributed by atoms with Crippen LogP contribution >= 0.6 is 0 Å². The Morgan fingerprint density at radius 2 is 2.40 bits per heavy atom. The van der Waals surface area contributed by atoms with Gasteiger partial charge in [-0.05, 0) is 6.42 Å². The molecule has 0 saturated carbocycles. The Labute approximate surface area is 61.5 Å². The molecule has 0 aromatic carbocycles. The summed E-state index contributed by atoms with van der Waals surface area (Å²) in [5.41, 5.74) is -0.0122. The minimum absolute atomic E-state index is 0.0122. The second-order valence-electron chi connectivity index (χ2n) is 2.89. The van der Waals surface area contributed by atoms with E-state index in [-0.39, 0.29) is 5.41 Å². The minimum Gasteiger partial charge on any atom is -0.388 e. The quantitative estimate of drug-likeness (QED) is 0.595. The molecule has 1 atom stereocenters. The van der Waals surface area contributed by atoms with Gasteiger partial charge in [0.15, 0.2) is 0 Å². The van der Waals surface area contributed by atoms with Crippen molar-refractivity contribution in [3.05, 3.63) is 12.7 Å². The average Bonchev–Trinajstić information content (AvgIpc) is 1.86. The van der Waals surface area contributed by atoms with Crippen molar-refractivity contribution in [2.45, 2.75) is 19.4 Å². The van der Waals surface area contributed by atoms with Crippen LogP contribution in [0.4, 0.5) is 0 Å². The van der Waals surface area contributed by atoms with Crippen LogP contribution in [-0.4, -0.2) is 24.4 Å². The van der Waals surface area contributed by atoms with Crippen LogP contribution in [0, 0.1) is 5.41 Å². The Bertz CT molecular complexity index is 122. The Kier molecular flexibility index (Phi) is 2.11. The highest BCUT2D eigenvalue weighted by atomic mass is 16.5. The number of hydrogen-bond acceptors (Lipinski definition) is 2. The molecule has 10 heavy (non-hydrogen) atoms. The van der Waals surface area contributed by atoms with E-state index < -0.39 is 6.10 Å². The summed E-state index contributed by atoms with van der Waals surface area (Å²) >= 11 is 0. The molecule has 0 amide bonds. The van der Waals surface area contributed by atoms with E-state index in [2.05, 4.69) is 13.5 Å². The van der Waals surface area contributed by atoms with Crippen molar-refractivity contribution in [3.63, 3.8) is 0 Å². The van der Waals surface area contributed by atoms with Gasteiger partial charge in [-0.1, -0.05) is 13.0 Å². The van der Waals surface area contributed by atoms with E-state index in [0.29, 0.717) is 13.2 Å². The summed E-state index contributed by atoms with van der Waals surface area (Å²) in [6.45, 7) is 6.97. The highest BCUT2D eigenvalue weighted by molar-refractivity contribution is 4.98. The van der Waals surface area contributed by atoms with Crippen molar-refractivity contribution in [3.8, 4) is 0 Å². The van der Waals surface area contributed by atoms with Crippen LogP contribution in [0.15, 0.2) is 12.7 Å². The van der Waals surface area contributed by atoms with E-state index in [9.17, 15) is 5.11 Å². The second-order valence-corrected chi connectivity index (χ2v) is 2.89. The van der Waals surface area contributed by atoms with Crippen LogP contribution in [0.25, 0.3) is 0 Å². The number of aliphatic hydroxyl groups excluding tert-OH is 1. The van der Waals surface area contributed by atoms with Crippen molar-refractivity contribution in [2.75, 3.05) is 13.2 Å². The number of aliphatic hydroxyl groups is 1. The maximum atomic E-state index is 9.43. The van der Waals surface area contributed by atoms with Gasteiger partial charge >= 0.3 is 0 Å².